The quantitative estimate of drug-likeness (QED) is 0.722. The molecule has 2 rings (SSSR count). The Hall–Kier alpha value is -0.830. The molecule has 3 nitrogen and oxygen atoms in total. The molecular weight excluding hydrogens is 190 g/mol. The van der Waals surface area contributed by atoms with Gasteiger partial charge in [0.2, 0.25) is 0 Å². The Morgan fingerprint density at radius 1 is 1.47 bits per heavy atom. The molecule has 0 spiro atoms. The van der Waals surface area contributed by atoms with E-state index in [1.807, 2.05) is 6.08 Å². The fourth-order valence-electron chi connectivity index (χ4n) is 3.20. The van der Waals surface area contributed by atoms with Gasteiger partial charge in [0.1, 0.15) is 0 Å². The molecule has 0 amide bonds. The molecular formula is C12H19NO2. The van der Waals surface area contributed by atoms with E-state index in [0.717, 1.165) is 25.7 Å². The lowest BCUT2D eigenvalue weighted by atomic mass is 9.90. The maximum absolute atomic E-state index is 11.0. The minimum atomic E-state index is -0.613. The summed E-state index contributed by atoms with van der Waals surface area (Å²) in [5.74, 6) is -0.728. The predicted octanol–water partition coefficient (Wildman–Crippen LogP) is 1.89. The second-order valence-corrected chi connectivity index (χ2v) is 4.82. The number of aliphatic carboxylic acids is 1. The molecule has 2 bridgehead atoms. The molecule has 3 heteroatoms. The fraction of sp³-hybridized carbons (Fsp3) is 0.750. The van der Waals surface area contributed by atoms with Gasteiger partial charge in [0.15, 0.2) is 0 Å². The van der Waals surface area contributed by atoms with Crippen molar-refractivity contribution in [2.45, 2.75) is 50.7 Å². The molecule has 84 valence electrons. The van der Waals surface area contributed by atoms with Gasteiger partial charge in [-0.1, -0.05) is 6.08 Å². The Morgan fingerprint density at radius 3 is 2.40 bits per heavy atom. The van der Waals surface area contributed by atoms with Gasteiger partial charge in [-0.3, -0.25) is 9.69 Å². The van der Waals surface area contributed by atoms with E-state index >= 15 is 0 Å². The van der Waals surface area contributed by atoms with Crippen molar-refractivity contribution in [3.63, 3.8) is 0 Å². The van der Waals surface area contributed by atoms with E-state index in [-0.39, 0.29) is 5.92 Å². The number of carbonyl (C=O) groups is 1. The van der Waals surface area contributed by atoms with Gasteiger partial charge in [-0.05, 0) is 32.6 Å². The standard InChI is InChI=1S/C12H19NO2/c1-3-8(2)13-10-4-5-11(13)7-9(6-10)12(14)15/h3,8-11H,1,4-7H2,2H3,(H,14,15). The zero-order valence-electron chi connectivity index (χ0n) is 9.22. The maximum Gasteiger partial charge on any atom is 0.306 e. The van der Waals surface area contributed by atoms with Crippen molar-refractivity contribution in [2.75, 3.05) is 0 Å². The molecule has 0 aromatic heterocycles. The van der Waals surface area contributed by atoms with E-state index in [0.29, 0.717) is 18.1 Å². The van der Waals surface area contributed by atoms with Crippen LogP contribution in [0.4, 0.5) is 0 Å². The molecule has 0 radical (unpaired) electrons. The molecule has 0 saturated carbocycles. The van der Waals surface area contributed by atoms with E-state index in [4.69, 9.17) is 5.11 Å². The molecule has 2 aliphatic rings. The number of hydrogen-bond donors (Lipinski definition) is 1. The van der Waals surface area contributed by atoms with Crippen LogP contribution >= 0.6 is 0 Å². The number of piperidine rings is 1. The molecule has 2 heterocycles. The number of rotatable bonds is 3. The molecule has 15 heavy (non-hydrogen) atoms. The monoisotopic (exact) mass is 209 g/mol. The van der Waals surface area contributed by atoms with E-state index in [1.54, 1.807) is 0 Å². The third-order valence-corrected chi connectivity index (χ3v) is 3.95. The molecule has 3 unspecified atom stereocenters. The summed E-state index contributed by atoms with van der Waals surface area (Å²) in [7, 11) is 0. The van der Waals surface area contributed by atoms with Crippen LogP contribution in [0, 0.1) is 5.92 Å². The van der Waals surface area contributed by atoms with Crippen molar-refractivity contribution in [3.8, 4) is 0 Å². The summed E-state index contributed by atoms with van der Waals surface area (Å²) >= 11 is 0. The van der Waals surface area contributed by atoms with Gasteiger partial charge in [0.25, 0.3) is 0 Å². The number of fused-ring (bicyclic) bond motifs is 2. The average Bonchev–Trinajstić information content (AvgIpc) is 2.47. The summed E-state index contributed by atoms with van der Waals surface area (Å²) in [6.45, 7) is 5.98. The number of carboxylic acid groups (broad SMARTS) is 1. The largest absolute Gasteiger partial charge is 0.481 e. The molecule has 0 aromatic rings. The lowest BCUT2D eigenvalue weighted by molar-refractivity contribution is -0.144. The van der Waals surface area contributed by atoms with Crippen LogP contribution in [0.2, 0.25) is 0 Å². The Bertz CT molecular complexity index is 263. The molecule has 3 atom stereocenters. The highest BCUT2D eigenvalue weighted by molar-refractivity contribution is 5.70. The normalized spacial score (nSPS) is 37.5. The van der Waals surface area contributed by atoms with Gasteiger partial charge in [-0.25, -0.2) is 0 Å². The first-order valence-electron chi connectivity index (χ1n) is 5.76. The van der Waals surface area contributed by atoms with E-state index in [1.165, 1.54) is 0 Å². The topological polar surface area (TPSA) is 40.5 Å². The van der Waals surface area contributed by atoms with Crippen LogP contribution in [0.1, 0.15) is 32.6 Å². The average molecular weight is 209 g/mol. The first-order valence-corrected chi connectivity index (χ1v) is 5.76. The zero-order valence-corrected chi connectivity index (χ0v) is 9.22. The third kappa shape index (κ3) is 1.81. The highest BCUT2D eigenvalue weighted by Gasteiger charge is 2.43. The van der Waals surface area contributed by atoms with E-state index in [2.05, 4.69) is 18.4 Å². The van der Waals surface area contributed by atoms with Crippen molar-refractivity contribution in [2.24, 2.45) is 5.92 Å². The van der Waals surface area contributed by atoms with Crippen LogP contribution in [-0.4, -0.2) is 34.1 Å². The van der Waals surface area contributed by atoms with Crippen molar-refractivity contribution in [1.29, 1.82) is 0 Å². The van der Waals surface area contributed by atoms with Gasteiger partial charge in [0.05, 0.1) is 5.92 Å². The van der Waals surface area contributed by atoms with Crippen molar-refractivity contribution in [3.05, 3.63) is 12.7 Å². The predicted molar refractivity (Wildman–Crippen MR) is 58.7 cm³/mol. The van der Waals surface area contributed by atoms with Crippen molar-refractivity contribution in [1.82, 2.24) is 4.90 Å². The molecule has 0 aromatic carbocycles. The summed E-state index contributed by atoms with van der Waals surface area (Å²) in [6, 6.07) is 1.33. The summed E-state index contributed by atoms with van der Waals surface area (Å²) in [5.41, 5.74) is 0. The first kappa shape index (κ1) is 10.7. The lowest BCUT2D eigenvalue weighted by Gasteiger charge is -2.40. The van der Waals surface area contributed by atoms with Gasteiger partial charge in [0, 0.05) is 18.1 Å². The van der Waals surface area contributed by atoms with Crippen LogP contribution in [0.15, 0.2) is 12.7 Å². The van der Waals surface area contributed by atoms with E-state index < -0.39 is 5.97 Å². The van der Waals surface area contributed by atoms with Gasteiger partial charge in [-0.15, -0.1) is 6.58 Å². The summed E-state index contributed by atoms with van der Waals surface area (Å²) < 4.78 is 0. The molecule has 2 saturated heterocycles. The maximum atomic E-state index is 11.0. The lowest BCUT2D eigenvalue weighted by Crippen LogP contribution is -2.48. The zero-order chi connectivity index (χ0) is 11.0. The Morgan fingerprint density at radius 2 is 2.00 bits per heavy atom. The Labute approximate surface area is 90.8 Å². The minimum absolute atomic E-state index is 0.115. The van der Waals surface area contributed by atoms with Crippen LogP contribution in [0.3, 0.4) is 0 Å². The van der Waals surface area contributed by atoms with Gasteiger partial charge in [-0.2, -0.15) is 0 Å². The molecule has 2 aliphatic heterocycles. The van der Waals surface area contributed by atoms with Crippen LogP contribution < -0.4 is 0 Å². The summed E-state index contributed by atoms with van der Waals surface area (Å²) in [5, 5.41) is 9.04. The van der Waals surface area contributed by atoms with Crippen LogP contribution in [0.5, 0.6) is 0 Å². The fourth-order valence-corrected chi connectivity index (χ4v) is 3.20. The number of hydrogen-bond acceptors (Lipinski definition) is 2. The van der Waals surface area contributed by atoms with E-state index in [9.17, 15) is 4.79 Å². The second kappa shape index (κ2) is 3.97. The summed E-state index contributed by atoms with van der Waals surface area (Å²) in [6.07, 6.45) is 5.93. The Kier molecular flexibility index (Phi) is 2.83. The summed E-state index contributed by atoms with van der Waals surface area (Å²) in [4.78, 5) is 13.4. The molecule has 0 aliphatic carbocycles. The van der Waals surface area contributed by atoms with Gasteiger partial charge < -0.3 is 5.11 Å². The second-order valence-electron chi connectivity index (χ2n) is 4.82. The highest BCUT2D eigenvalue weighted by atomic mass is 16.4. The minimum Gasteiger partial charge on any atom is -0.481 e. The van der Waals surface area contributed by atoms with Crippen molar-refractivity contribution < 1.29 is 9.90 Å². The number of nitrogens with zero attached hydrogens (tertiary/aromatic N) is 1. The molecule has 2 fully saturated rings. The SMILES string of the molecule is C=CC(C)N1C2CCC1CC(C(=O)O)C2. The Balaban J connectivity index is 2.09. The van der Waals surface area contributed by atoms with Crippen molar-refractivity contribution >= 4 is 5.97 Å². The van der Waals surface area contributed by atoms with Gasteiger partial charge >= 0.3 is 5.97 Å². The third-order valence-electron chi connectivity index (χ3n) is 3.95. The molecule has 1 N–H and O–H groups in total. The smallest absolute Gasteiger partial charge is 0.306 e. The van der Waals surface area contributed by atoms with Crippen LogP contribution in [0.25, 0.3) is 0 Å². The first-order chi connectivity index (χ1) is 7.13. The van der Waals surface area contributed by atoms with Crippen LogP contribution in [-0.2, 0) is 4.79 Å². The highest BCUT2D eigenvalue weighted by Crippen LogP contribution is 2.40. The number of carboxylic acids is 1.